The van der Waals surface area contributed by atoms with Crippen LogP contribution in [0.5, 0.6) is 0 Å². The molecule has 0 aliphatic carbocycles. The van der Waals surface area contributed by atoms with Crippen LogP contribution in [0.1, 0.15) is 19.4 Å². The highest BCUT2D eigenvalue weighted by molar-refractivity contribution is 6.34. The van der Waals surface area contributed by atoms with E-state index in [0.717, 1.165) is 5.56 Å². The molecule has 0 saturated heterocycles. The molecule has 3 nitrogen and oxygen atoms in total. The van der Waals surface area contributed by atoms with Gasteiger partial charge in [-0.25, -0.2) is 0 Å². The third kappa shape index (κ3) is 4.16. The molecule has 0 unspecified atom stereocenters. The summed E-state index contributed by atoms with van der Waals surface area (Å²) >= 11 is 11.8. The van der Waals surface area contributed by atoms with Gasteiger partial charge < -0.3 is 5.11 Å². The molecule has 1 aromatic rings. The summed E-state index contributed by atoms with van der Waals surface area (Å²) in [6.07, 6.45) is 0.400. The number of carboxylic acid groups (broad SMARTS) is 1. The minimum atomic E-state index is -0.824. The maximum atomic E-state index is 11.3. The maximum Gasteiger partial charge on any atom is 0.321 e. The Morgan fingerprint density at radius 1 is 1.22 bits per heavy atom. The van der Waals surface area contributed by atoms with Gasteiger partial charge in [0.2, 0.25) is 0 Å². The van der Waals surface area contributed by atoms with E-state index < -0.39 is 12.0 Å². The van der Waals surface area contributed by atoms with Crippen LogP contribution in [0.4, 0.5) is 0 Å². The van der Waals surface area contributed by atoms with Crippen LogP contribution in [0.3, 0.4) is 0 Å². The van der Waals surface area contributed by atoms with Gasteiger partial charge in [-0.15, -0.1) is 0 Å². The van der Waals surface area contributed by atoms with Crippen molar-refractivity contribution in [2.24, 2.45) is 0 Å². The van der Waals surface area contributed by atoms with Gasteiger partial charge in [0.25, 0.3) is 0 Å². The second-order valence-electron chi connectivity index (χ2n) is 4.06. The molecular weight excluding hydrogens is 273 g/mol. The van der Waals surface area contributed by atoms with Gasteiger partial charge in [-0.3, -0.25) is 9.69 Å². The van der Waals surface area contributed by atoms with Crippen molar-refractivity contribution >= 4 is 29.2 Å². The van der Waals surface area contributed by atoms with Gasteiger partial charge >= 0.3 is 5.97 Å². The first-order valence-electron chi connectivity index (χ1n) is 5.89. The lowest BCUT2D eigenvalue weighted by Crippen LogP contribution is -2.42. The van der Waals surface area contributed by atoms with E-state index in [1.165, 1.54) is 0 Å². The average molecular weight is 290 g/mol. The minimum absolute atomic E-state index is 0.400. The molecule has 0 saturated carbocycles. The Kier molecular flexibility index (Phi) is 5.93. The highest BCUT2D eigenvalue weighted by Gasteiger charge is 2.23. The van der Waals surface area contributed by atoms with E-state index in [-0.39, 0.29) is 0 Å². The molecule has 18 heavy (non-hydrogen) atoms. The fourth-order valence-electron chi connectivity index (χ4n) is 1.99. The van der Waals surface area contributed by atoms with Crippen molar-refractivity contribution in [3.05, 3.63) is 33.8 Å². The highest BCUT2D eigenvalue weighted by atomic mass is 35.5. The van der Waals surface area contributed by atoms with Crippen LogP contribution < -0.4 is 0 Å². The van der Waals surface area contributed by atoms with Gasteiger partial charge in [-0.1, -0.05) is 37.0 Å². The number of halogens is 2. The number of carboxylic acids is 1. The SMILES string of the molecule is CCN(CC)[C@H](Cc1cc(Cl)cc(Cl)c1)C(=O)O. The molecule has 1 rings (SSSR count). The summed E-state index contributed by atoms with van der Waals surface area (Å²) in [7, 11) is 0. The smallest absolute Gasteiger partial charge is 0.321 e. The van der Waals surface area contributed by atoms with Crippen LogP contribution in [0.25, 0.3) is 0 Å². The average Bonchev–Trinajstić information content (AvgIpc) is 2.27. The normalized spacial score (nSPS) is 12.7. The topological polar surface area (TPSA) is 40.5 Å². The first-order valence-corrected chi connectivity index (χ1v) is 6.65. The third-order valence-electron chi connectivity index (χ3n) is 2.89. The van der Waals surface area contributed by atoms with Crippen LogP contribution in [0, 0.1) is 0 Å². The van der Waals surface area contributed by atoms with Gasteiger partial charge in [0, 0.05) is 10.0 Å². The van der Waals surface area contributed by atoms with E-state index in [0.29, 0.717) is 29.6 Å². The number of benzene rings is 1. The van der Waals surface area contributed by atoms with Gasteiger partial charge in [0.1, 0.15) is 6.04 Å². The molecule has 0 aliphatic heterocycles. The van der Waals surface area contributed by atoms with E-state index in [2.05, 4.69) is 0 Å². The van der Waals surface area contributed by atoms with Crippen molar-refractivity contribution in [1.82, 2.24) is 4.90 Å². The lowest BCUT2D eigenvalue weighted by Gasteiger charge is -2.26. The zero-order valence-electron chi connectivity index (χ0n) is 10.5. The molecule has 0 spiro atoms. The first kappa shape index (κ1) is 15.3. The predicted molar refractivity (Wildman–Crippen MR) is 74.5 cm³/mol. The number of hydrogen-bond donors (Lipinski definition) is 1. The van der Waals surface area contributed by atoms with Gasteiger partial charge in [-0.2, -0.15) is 0 Å². The number of nitrogens with zero attached hydrogens (tertiary/aromatic N) is 1. The molecular formula is C13H17Cl2NO2. The quantitative estimate of drug-likeness (QED) is 0.873. The molecule has 1 N–H and O–H groups in total. The van der Waals surface area contributed by atoms with Crippen molar-refractivity contribution in [3.8, 4) is 0 Å². The molecule has 0 radical (unpaired) electrons. The molecule has 0 amide bonds. The molecule has 0 fully saturated rings. The van der Waals surface area contributed by atoms with E-state index in [1.807, 2.05) is 18.7 Å². The standard InChI is InChI=1S/C13H17Cl2NO2/c1-3-16(4-2)12(13(17)18)7-9-5-10(14)8-11(15)6-9/h5-6,8,12H,3-4,7H2,1-2H3,(H,17,18)/t12-/m1/s1. The summed E-state index contributed by atoms with van der Waals surface area (Å²) in [6.45, 7) is 5.29. The van der Waals surface area contributed by atoms with E-state index in [1.54, 1.807) is 18.2 Å². The number of likely N-dealkylation sites (N-methyl/N-ethyl adjacent to an activating group) is 1. The van der Waals surface area contributed by atoms with Crippen molar-refractivity contribution < 1.29 is 9.90 Å². The Hall–Kier alpha value is -0.770. The molecule has 0 aliphatic rings. The van der Waals surface area contributed by atoms with Gasteiger partial charge in [0.05, 0.1) is 0 Å². The summed E-state index contributed by atoms with van der Waals surface area (Å²) in [4.78, 5) is 13.2. The second kappa shape index (κ2) is 6.98. The highest BCUT2D eigenvalue weighted by Crippen LogP contribution is 2.21. The van der Waals surface area contributed by atoms with E-state index in [9.17, 15) is 9.90 Å². The molecule has 0 aromatic heterocycles. The Bertz CT molecular complexity index is 399. The molecule has 100 valence electrons. The van der Waals surface area contributed by atoms with E-state index in [4.69, 9.17) is 23.2 Å². The van der Waals surface area contributed by atoms with Crippen molar-refractivity contribution in [1.29, 1.82) is 0 Å². The van der Waals surface area contributed by atoms with Crippen LogP contribution >= 0.6 is 23.2 Å². The summed E-state index contributed by atoms with van der Waals surface area (Å²) in [5.74, 6) is -0.824. The number of rotatable bonds is 6. The third-order valence-corrected chi connectivity index (χ3v) is 3.33. The largest absolute Gasteiger partial charge is 0.480 e. The number of aliphatic carboxylic acids is 1. The predicted octanol–water partition coefficient (Wildman–Crippen LogP) is 3.33. The summed E-state index contributed by atoms with van der Waals surface area (Å²) in [5, 5.41) is 10.4. The van der Waals surface area contributed by atoms with Crippen molar-refractivity contribution in [2.75, 3.05) is 13.1 Å². The van der Waals surface area contributed by atoms with Crippen molar-refractivity contribution in [3.63, 3.8) is 0 Å². The van der Waals surface area contributed by atoms with Crippen LogP contribution in [-0.4, -0.2) is 35.1 Å². The fraction of sp³-hybridized carbons (Fsp3) is 0.462. The van der Waals surface area contributed by atoms with Gasteiger partial charge in [0.15, 0.2) is 0 Å². The summed E-state index contributed by atoms with van der Waals surface area (Å²) in [6, 6.07) is 4.61. The lowest BCUT2D eigenvalue weighted by atomic mass is 10.0. The number of carbonyl (C=O) groups is 1. The number of hydrogen-bond acceptors (Lipinski definition) is 2. The second-order valence-corrected chi connectivity index (χ2v) is 4.93. The Morgan fingerprint density at radius 3 is 2.11 bits per heavy atom. The van der Waals surface area contributed by atoms with Crippen molar-refractivity contribution in [2.45, 2.75) is 26.3 Å². The zero-order chi connectivity index (χ0) is 13.7. The zero-order valence-corrected chi connectivity index (χ0v) is 12.0. The Morgan fingerprint density at radius 2 is 1.72 bits per heavy atom. The fourth-order valence-corrected chi connectivity index (χ4v) is 2.56. The minimum Gasteiger partial charge on any atom is -0.480 e. The first-order chi connectivity index (χ1) is 8.47. The van der Waals surface area contributed by atoms with E-state index >= 15 is 0 Å². The Balaban J connectivity index is 2.92. The van der Waals surface area contributed by atoms with Crippen LogP contribution in [0.2, 0.25) is 10.0 Å². The maximum absolute atomic E-state index is 11.3. The summed E-state index contributed by atoms with van der Waals surface area (Å²) in [5.41, 5.74) is 0.840. The Labute approximate surface area is 117 Å². The van der Waals surface area contributed by atoms with Gasteiger partial charge in [-0.05, 0) is 43.3 Å². The van der Waals surface area contributed by atoms with Crippen LogP contribution in [-0.2, 0) is 11.2 Å². The molecule has 0 bridgehead atoms. The van der Waals surface area contributed by atoms with Crippen LogP contribution in [0.15, 0.2) is 18.2 Å². The molecule has 0 heterocycles. The molecule has 5 heteroatoms. The summed E-state index contributed by atoms with van der Waals surface area (Å²) < 4.78 is 0. The molecule has 1 atom stereocenters. The monoisotopic (exact) mass is 289 g/mol. The lowest BCUT2D eigenvalue weighted by molar-refractivity contribution is -0.143. The molecule has 1 aromatic carbocycles.